The molecule has 2 N–H and O–H groups in total. The molecule has 0 aliphatic carbocycles. The van der Waals surface area contributed by atoms with Crippen LogP contribution in [0.15, 0.2) is 22.7 Å². The van der Waals surface area contributed by atoms with E-state index in [9.17, 15) is 4.39 Å². The molecule has 0 aromatic heterocycles. The third-order valence-electron chi connectivity index (χ3n) is 2.89. The smallest absolute Gasteiger partial charge is 0.127 e. The lowest BCUT2D eigenvalue weighted by atomic mass is 10.1. The number of benzene rings is 1. The lowest BCUT2D eigenvalue weighted by molar-refractivity contribution is -0.0263. The van der Waals surface area contributed by atoms with Gasteiger partial charge in [-0.3, -0.25) is 4.90 Å². The van der Waals surface area contributed by atoms with E-state index in [4.69, 9.17) is 10.5 Å². The highest BCUT2D eigenvalue weighted by atomic mass is 79.9. The van der Waals surface area contributed by atoms with Crippen molar-refractivity contribution < 1.29 is 9.13 Å². The van der Waals surface area contributed by atoms with Gasteiger partial charge < -0.3 is 10.5 Å². The molecule has 0 radical (unpaired) electrons. The molecule has 1 fully saturated rings. The third-order valence-corrected chi connectivity index (χ3v) is 3.38. The Hall–Kier alpha value is -0.490. The molecule has 2 rings (SSSR count). The summed E-state index contributed by atoms with van der Waals surface area (Å²) in [5.74, 6) is -0.163. The molecule has 1 aliphatic heterocycles. The van der Waals surface area contributed by atoms with E-state index in [0.717, 1.165) is 17.6 Å². The van der Waals surface area contributed by atoms with E-state index in [1.807, 2.05) is 6.07 Å². The van der Waals surface area contributed by atoms with Gasteiger partial charge in [0.1, 0.15) is 5.82 Å². The summed E-state index contributed by atoms with van der Waals surface area (Å²) in [6.07, 6.45) is 0.0685. The second-order valence-corrected chi connectivity index (χ2v) is 5.12. The maximum atomic E-state index is 13.6. The van der Waals surface area contributed by atoms with Crippen molar-refractivity contribution in [1.82, 2.24) is 4.90 Å². The molecule has 0 amide bonds. The topological polar surface area (TPSA) is 38.5 Å². The minimum absolute atomic E-state index is 0.0685. The maximum Gasteiger partial charge on any atom is 0.127 e. The van der Waals surface area contributed by atoms with E-state index in [2.05, 4.69) is 20.8 Å². The van der Waals surface area contributed by atoms with Crippen LogP contribution in [0.2, 0.25) is 0 Å². The van der Waals surface area contributed by atoms with Crippen molar-refractivity contribution >= 4 is 15.9 Å². The molecular formula is C12H16BrFN2O. The lowest BCUT2D eigenvalue weighted by Gasteiger charge is -2.32. The number of hydrogen-bond donors (Lipinski definition) is 1. The second kappa shape index (κ2) is 5.91. The van der Waals surface area contributed by atoms with Crippen LogP contribution in [0.4, 0.5) is 4.39 Å². The lowest BCUT2D eigenvalue weighted by Crippen LogP contribution is -2.45. The van der Waals surface area contributed by atoms with E-state index in [0.29, 0.717) is 25.3 Å². The molecule has 1 aromatic rings. The van der Waals surface area contributed by atoms with Gasteiger partial charge in [-0.05, 0) is 18.2 Å². The second-order valence-electron chi connectivity index (χ2n) is 4.20. The largest absolute Gasteiger partial charge is 0.374 e. The number of halogens is 2. The molecule has 5 heteroatoms. The Bertz CT molecular complexity index is 389. The van der Waals surface area contributed by atoms with Crippen LogP contribution in [0.25, 0.3) is 0 Å². The Morgan fingerprint density at radius 1 is 1.53 bits per heavy atom. The highest BCUT2D eigenvalue weighted by Crippen LogP contribution is 2.18. The van der Waals surface area contributed by atoms with Gasteiger partial charge in [0.05, 0.1) is 12.7 Å². The Balaban J connectivity index is 2.02. The summed E-state index contributed by atoms with van der Waals surface area (Å²) in [4.78, 5) is 2.17. The molecule has 1 saturated heterocycles. The monoisotopic (exact) mass is 302 g/mol. The van der Waals surface area contributed by atoms with Crippen LogP contribution >= 0.6 is 15.9 Å². The third kappa shape index (κ3) is 3.48. The Morgan fingerprint density at radius 2 is 2.35 bits per heavy atom. The standard InChI is InChI=1S/C12H16BrFN2O/c13-10-1-2-12(14)9(5-10)7-16-3-4-17-11(6-15)8-16/h1-2,5,11H,3-4,6-8,15H2. The van der Waals surface area contributed by atoms with Crippen molar-refractivity contribution in [3.05, 3.63) is 34.1 Å². The van der Waals surface area contributed by atoms with Crippen molar-refractivity contribution in [3.8, 4) is 0 Å². The molecule has 1 aromatic carbocycles. The molecule has 1 unspecified atom stereocenters. The fourth-order valence-corrected chi connectivity index (χ4v) is 2.38. The average molecular weight is 303 g/mol. The van der Waals surface area contributed by atoms with Crippen molar-refractivity contribution in [2.45, 2.75) is 12.6 Å². The van der Waals surface area contributed by atoms with Crippen molar-refractivity contribution in [1.29, 1.82) is 0 Å². The summed E-state index contributed by atoms with van der Waals surface area (Å²) >= 11 is 3.36. The van der Waals surface area contributed by atoms with Crippen LogP contribution in [0.1, 0.15) is 5.56 Å². The number of ether oxygens (including phenoxy) is 1. The van der Waals surface area contributed by atoms with Crippen LogP contribution in [-0.2, 0) is 11.3 Å². The molecule has 0 saturated carbocycles. The highest BCUT2D eigenvalue weighted by molar-refractivity contribution is 9.10. The van der Waals surface area contributed by atoms with E-state index >= 15 is 0 Å². The van der Waals surface area contributed by atoms with Crippen molar-refractivity contribution in [3.63, 3.8) is 0 Å². The molecule has 3 nitrogen and oxygen atoms in total. The summed E-state index contributed by atoms with van der Waals surface area (Å²) in [5, 5.41) is 0. The van der Waals surface area contributed by atoms with Crippen LogP contribution in [0.5, 0.6) is 0 Å². The van der Waals surface area contributed by atoms with Crippen molar-refractivity contribution in [2.24, 2.45) is 5.73 Å². The summed E-state index contributed by atoms with van der Waals surface area (Å²) in [6, 6.07) is 5.02. The number of nitrogens with two attached hydrogens (primary N) is 1. The van der Waals surface area contributed by atoms with E-state index in [1.165, 1.54) is 6.07 Å². The number of rotatable bonds is 3. The quantitative estimate of drug-likeness (QED) is 0.924. The van der Waals surface area contributed by atoms with Gasteiger partial charge >= 0.3 is 0 Å². The highest BCUT2D eigenvalue weighted by Gasteiger charge is 2.20. The number of morpholine rings is 1. The van der Waals surface area contributed by atoms with E-state index in [-0.39, 0.29) is 11.9 Å². The van der Waals surface area contributed by atoms with Crippen molar-refractivity contribution in [2.75, 3.05) is 26.2 Å². The summed E-state index contributed by atoms with van der Waals surface area (Å²) < 4.78 is 20.0. The van der Waals surface area contributed by atoms with Gasteiger partial charge in [-0.15, -0.1) is 0 Å². The first kappa shape index (κ1) is 13.0. The average Bonchev–Trinajstić information content (AvgIpc) is 2.34. The first-order valence-corrected chi connectivity index (χ1v) is 6.46. The normalized spacial score (nSPS) is 21.7. The first-order chi connectivity index (χ1) is 8.19. The van der Waals surface area contributed by atoms with Crippen LogP contribution in [0.3, 0.4) is 0 Å². The molecule has 1 atom stereocenters. The maximum absolute atomic E-state index is 13.6. The molecule has 94 valence electrons. The predicted octanol–water partition coefficient (Wildman–Crippen LogP) is 1.75. The Kier molecular flexibility index (Phi) is 4.50. The zero-order valence-corrected chi connectivity index (χ0v) is 11.1. The van der Waals surface area contributed by atoms with Crippen LogP contribution in [-0.4, -0.2) is 37.2 Å². The summed E-state index contributed by atoms with van der Waals surface area (Å²) in [5.41, 5.74) is 6.29. The number of hydrogen-bond acceptors (Lipinski definition) is 3. The number of nitrogens with zero attached hydrogens (tertiary/aromatic N) is 1. The zero-order chi connectivity index (χ0) is 12.3. The van der Waals surface area contributed by atoms with Crippen LogP contribution in [0, 0.1) is 5.82 Å². The van der Waals surface area contributed by atoms with Gasteiger partial charge in [0, 0.05) is 36.2 Å². The Labute approximate surface area is 109 Å². The van der Waals surface area contributed by atoms with Crippen LogP contribution < -0.4 is 5.73 Å². The molecule has 1 heterocycles. The van der Waals surface area contributed by atoms with E-state index < -0.39 is 0 Å². The summed E-state index contributed by atoms with van der Waals surface area (Å²) in [7, 11) is 0. The van der Waals surface area contributed by atoms with Gasteiger partial charge in [0.25, 0.3) is 0 Å². The molecule has 1 aliphatic rings. The predicted molar refractivity (Wildman–Crippen MR) is 68.2 cm³/mol. The van der Waals surface area contributed by atoms with Gasteiger partial charge in [-0.1, -0.05) is 15.9 Å². The van der Waals surface area contributed by atoms with E-state index in [1.54, 1.807) is 6.07 Å². The molecule has 0 bridgehead atoms. The summed E-state index contributed by atoms with van der Waals surface area (Å²) in [6.45, 7) is 3.37. The van der Waals surface area contributed by atoms with Gasteiger partial charge in [-0.25, -0.2) is 4.39 Å². The SMILES string of the molecule is NCC1CN(Cc2cc(Br)ccc2F)CCO1. The minimum Gasteiger partial charge on any atom is -0.374 e. The zero-order valence-electron chi connectivity index (χ0n) is 9.53. The first-order valence-electron chi connectivity index (χ1n) is 5.67. The van der Waals surface area contributed by atoms with Gasteiger partial charge in [0.15, 0.2) is 0 Å². The minimum atomic E-state index is -0.163. The fourth-order valence-electron chi connectivity index (χ4n) is 1.97. The fraction of sp³-hybridized carbons (Fsp3) is 0.500. The van der Waals surface area contributed by atoms with Gasteiger partial charge in [-0.2, -0.15) is 0 Å². The molecular weight excluding hydrogens is 287 g/mol. The Morgan fingerprint density at radius 3 is 3.12 bits per heavy atom. The molecule has 17 heavy (non-hydrogen) atoms. The molecule has 0 spiro atoms. The van der Waals surface area contributed by atoms with Gasteiger partial charge in [0.2, 0.25) is 0 Å².